The van der Waals surface area contributed by atoms with Crippen LogP contribution in [0.4, 0.5) is 0 Å². The van der Waals surface area contributed by atoms with Crippen LogP contribution in [0.3, 0.4) is 0 Å². The Morgan fingerprint density at radius 1 is 1.25 bits per heavy atom. The van der Waals surface area contributed by atoms with Crippen LogP contribution in [0.5, 0.6) is 0 Å². The topological polar surface area (TPSA) is 19.4 Å². The van der Waals surface area contributed by atoms with Gasteiger partial charge >= 0.3 is 0 Å². The Labute approximate surface area is 147 Å². The average molecular weight is 337 g/mol. The summed E-state index contributed by atoms with van der Waals surface area (Å²) in [5.74, 6) is 0.664. The number of aromatic nitrogens is 1. The van der Waals surface area contributed by atoms with Gasteiger partial charge in [0.1, 0.15) is 0 Å². The van der Waals surface area contributed by atoms with E-state index in [4.69, 9.17) is 0 Å². The minimum absolute atomic E-state index is 0.664. The van der Waals surface area contributed by atoms with Gasteiger partial charge in [0.25, 0.3) is 0 Å². The fourth-order valence-corrected chi connectivity index (χ4v) is 4.29. The van der Waals surface area contributed by atoms with Crippen molar-refractivity contribution >= 4 is 16.9 Å². The Hall–Kier alpha value is -1.91. The number of thiophene rings is 1. The molecule has 0 radical (unpaired) electrons. The van der Waals surface area contributed by atoms with E-state index in [1.54, 1.807) is 11.3 Å². The minimum Gasteiger partial charge on any atom is -0.366 e. The molecule has 1 unspecified atom stereocenters. The predicted molar refractivity (Wildman–Crippen MR) is 102 cm³/mol. The summed E-state index contributed by atoms with van der Waals surface area (Å²) in [5.41, 5.74) is 8.06. The van der Waals surface area contributed by atoms with Gasteiger partial charge in [-0.2, -0.15) is 11.3 Å². The maximum absolute atomic E-state index is 4.49. The molecule has 2 aliphatic rings. The zero-order chi connectivity index (χ0) is 16.7. The fourth-order valence-electron chi connectivity index (χ4n) is 3.62. The average Bonchev–Trinajstić information content (AvgIpc) is 3.00. The monoisotopic (exact) mass is 337 g/mol. The molecule has 4 rings (SSSR count). The second-order valence-electron chi connectivity index (χ2n) is 7.14. The van der Waals surface area contributed by atoms with Crippen LogP contribution in [0, 0.1) is 5.92 Å². The van der Waals surface area contributed by atoms with E-state index in [2.05, 4.69) is 64.8 Å². The minimum atomic E-state index is 0.664. The summed E-state index contributed by atoms with van der Waals surface area (Å²) in [4.78, 5) is 9.28. The van der Waals surface area contributed by atoms with Crippen LogP contribution in [0.15, 0.2) is 52.6 Å². The largest absolute Gasteiger partial charge is 0.366 e. The zero-order valence-corrected chi connectivity index (χ0v) is 15.3. The van der Waals surface area contributed by atoms with Gasteiger partial charge in [-0.3, -0.25) is 4.98 Å². The molecule has 2 aromatic heterocycles. The summed E-state index contributed by atoms with van der Waals surface area (Å²) in [5, 5.41) is 4.30. The van der Waals surface area contributed by atoms with Crippen LogP contribution >= 0.6 is 11.3 Å². The standard InChI is InChI=1S/C20H23N3S/c1-14(10-22(2)3)11-23-12-19(18-7-20(18)23)17-6-16(8-21-9-17)15-4-5-24-13-15/h4-9,13-14H,10-12H2,1-3H3. The number of pyridine rings is 1. The molecule has 0 spiro atoms. The zero-order valence-electron chi connectivity index (χ0n) is 14.5. The Balaban J connectivity index is 1.49. The van der Waals surface area contributed by atoms with Gasteiger partial charge in [-0.1, -0.05) is 6.92 Å². The SMILES string of the molecule is CC(CN(C)C)CN1CC(c2cncc(-c3ccsc3)c2)=C2C=C21. The van der Waals surface area contributed by atoms with Crippen molar-refractivity contribution in [2.24, 2.45) is 5.92 Å². The van der Waals surface area contributed by atoms with E-state index in [1.165, 1.54) is 33.5 Å². The lowest BCUT2D eigenvalue weighted by Gasteiger charge is -2.25. The Morgan fingerprint density at radius 3 is 2.83 bits per heavy atom. The first-order chi connectivity index (χ1) is 11.6. The highest BCUT2D eigenvalue weighted by Crippen LogP contribution is 2.45. The van der Waals surface area contributed by atoms with Crippen LogP contribution in [-0.4, -0.2) is 48.5 Å². The van der Waals surface area contributed by atoms with Gasteiger partial charge in [0, 0.05) is 48.9 Å². The lowest BCUT2D eigenvalue weighted by molar-refractivity contribution is 0.277. The Bertz CT molecular complexity index is 802. The fraction of sp³-hybridized carbons (Fsp3) is 0.350. The number of hydrogen-bond acceptors (Lipinski definition) is 4. The summed E-state index contributed by atoms with van der Waals surface area (Å²) in [6.45, 7) is 5.60. The van der Waals surface area contributed by atoms with E-state index in [9.17, 15) is 0 Å². The molecule has 1 atom stereocenters. The molecule has 1 aliphatic heterocycles. The van der Waals surface area contributed by atoms with E-state index in [0.29, 0.717) is 5.92 Å². The van der Waals surface area contributed by atoms with Gasteiger partial charge in [-0.25, -0.2) is 0 Å². The predicted octanol–water partition coefficient (Wildman–Crippen LogP) is 3.97. The van der Waals surface area contributed by atoms with Gasteiger partial charge in [-0.15, -0.1) is 0 Å². The molecule has 3 nitrogen and oxygen atoms in total. The van der Waals surface area contributed by atoms with Crippen LogP contribution in [0.2, 0.25) is 0 Å². The molecule has 24 heavy (non-hydrogen) atoms. The van der Waals surface area contributed by atoms with Crippen molar-refractivity contribution in [1.29, 1.82) is 0 Å². The second kappa shape index (κ2) is 6.19. The Kier molecular flexibility index (Phi) is 4.02. The highest BCUT2D eigenvalue weighted by Gasteiger charge is 2.35. The Morgan fingerprint density at radius 2 is 2.08 bits per heavy atom. The molecular formula is C20H23N3S. The lowest BCUT2D eigenvalue weighted by atomic mass is 10.0. The maximum Gasteiger partial charge on any atom is 0.0454 e. The highest BCUT2D eigenvalue weighted by atomic mass is 32.1. The molecule has 0 N–H and O–H groups in total. The third-order valence-corrected chi connectivity index (χ3v) is 5.32. The third kappa shape index (κ3) is 3.04. The van der Waals surface area contributed by atoms with Gasteiger partial charge in [0.15, 0.2) is 0 Å². The molecule has 124 valence electrons. The van der Waals surface area contributed by atoms with Crippen molar-refractivity contribution in [2.75, 3.05) is 33.7 Å². The van der Waals surface area contributed by atoms with E-state index in [0.717, 1.165) is 19.6 Å². The number of rotatable bonds is 6. The molecule has 3 heterocycles. The number of allylic oxidation sites excluding steroid dienone is 2. The van der Waals surface area contributed by atoms with Gasteiger partial charge in [0.05, 0.1) is 0 Å². The molecule has 0 saturated heterocycles. The molecule has 1 aliphatic carbocycles. The first kappa shape index (κ1) is 15.6. The van der Waals surface area contributed by atoms with Crippen LogP contribution in [-0.2, 0) is 0 Å². The quantitative estimate of drug-likeness (QED) is 0.795. The second-order valence-corrected chi connectivity index (χ2v) is 7.92. The maximum atomic E-state index is 4.49. The molecule has 2 aromatic rings. The molecule has 0 aromatic carbocycles. The summed E-state index contributed by atoms with van der Waals surface area (Å²) in [6.07, 6.45) is 6.29. The molecule has 0 bridgehead atoms. The molecular weight excluding hydrogens is 314 g/mol. The normalized spacial score (nSPS) is 17.3. The summed E-state index contributed by atoms with van der Waals surface area (Å²) in [6, 6.07) is 4.45. The van der Waals surface area contributed by atoms with E-state index < -0.39 is 0 Å². The van der Waals surface area contributed by atoms with Crippen LogP contribution in [0.25, 0.3) is 16.7 Å². The van der Waals surface area contributed by atoms with Crippen molar-refractivity contribution < 1.29 is 0 Å². The third-order valence-electron chi connectivity index (χ3n) is 4.64. The van der Waals surface area contributed by atoms with Crippen LogP contribution in [0.1, 0.15) is 12.5 Å². The highest BCUT2D eigenvalue weighted by molar-refractivity contribution is 7.08. The molecule has 0 saturated carbocycles. The first-order valence-electron chi connectivity index (χ1n) is 8.44. The molecule has 0 fully saturated rings. The van der Waals surface area contributed by atoms with Crippen molar-refractivity contribution in [2.45, 2.75) is 6.92 Å². The lowest BCUT2D eigenvalue weighted by Crippen LogP contribution is -2.30. The van der Waals surface area contributed by atoms with Crippen molar-refractivity contribution in [1.82, 2.24) is 14.8 Å². The number of fused-ring (bicyclic) bond motifs is 1. The number of hydrogen-bond donors (Lipinski definition) is 0. The van der Waals surface area contributed by atoms with E-state index >= 15 is 0 Å². The van der Waals surface area contributed by atoms with Gasteiger partial charge in [-0.05, 0) is 65.7 Å². The van der Waals surface area contributed by atoms with Crippen molar-refractivity contribution in [3.05, 3.63) is 58.2 Å². The van der Waals surface area contributed by atoms with Crippen molar-refractivity contribution in [3.8, 4) is 11.1 Å². The smallest absolute Gasteiger partial charge is 0.0454 e. The van der Waals surface area contributed by atoms with Gasteiger partial charge in [0.2, 0.25) is 0 Å². The van der Waals surface area contributed by atoms with Crippen molar-refractivity contribution in [3.63, 3.8) is 0 Å². The summed E-state index contributed by atoms with van der Waals surface area (Å²) in [7, 11) is 4.29. The first-order valence-corrected chi connectivity index (χ1v) is 9.39. The summed E-state index contributed by atoms with van der Waals surface area (Å²) >= 11 is 1.73. The van der Waals surface area contributed by atoms with E-state index in [1.807, 2.05) is 12.4 Å². The van der Waals surface area contributed by atoms with Gasteiger partial charge < -0.3 is 9.80 Å². The van der Waals surface area contributed by atoms with E-state index in [-0.39, 0.29) is 0 Å². The number of nitrogens with zero attached hydrogens (tertiary/aromatic N) is 3. The van der Waals surface area contributed by atoms with Crippen LogP contribution < -0.4 is 0 Å². The summed E-state index contributed by atoms with van der Waals surface area (Å²) < 4.78 is 0. The molecule has 0 amide bonds. The molecule has 4 heteroatoms.